The highest BCUT2D eigenvalue weighted by Crippen LogP contribution is 2.22. The fourth-order valence-electron chi connectivity index (χ4n) is 1.07. The number of aromatic carboxylic acids is 1. The van der Waals surface area contributed by atoms with Crippen molar-refractivity contribution in [1.29, 1.82) is 0 Å². The number of rotatable bonds is 5. The largest absolute Gasteiger partial charge is 0.489 e. The topological polar surface area (TPSA) is 83.8 Å². The first-order valence-corrected chi connectivity index (χ1v) is 5.13. The van der Waals surface area contributed by atoms with Crippen LogP contribution in [0.5, 0.6) is 5.75 Å². The predicted octanol–water partition coefficient (Wildman–Crippen LogP) is 2.01. The maximum Gasteiger partial charge on any atom is 0.335 e. The Morgan fingerprint density at radius 2 is 1.94 bits per heavy atom. The zero-order valence-electron chi connectivity index (χ0n) is 9.94. The van der Waals surface area contributed by atoms with Gasteiger partial charge in [0.05, 0.1) is 11.0 Å². The summed E-state index contributed by atoms with van der Waals surface area (Å²) < 4.78 is 18.5. The summed E-state index contributed by atoms with van der Waals surface area (Å²) in [5.74, 6) is -3.32. The van der Waals surface area contributed by atoms with Gasteiger partial charge in [-0.25, -0.2) is 9.18 Å². The van der Waals surface area contributed by atoms with Crippen LogP contribution in [-0.4, -0.2) is 28.8 Å². The number of hydrogen-bond donors (Lipinski definition) is 2. The van der Waals surface area contributed by atoms with Gasteiger partial charge in [-0.1, -0.05) is 0 Å². The van der Waals surface area contributed by atoms with Crippen LogP contribution in [0.1, 0.15) is 24.2 Å². The highest BCUT2D eigenvalue weighted by atomic mass is 19.1. The molecule has 0 saturated carbocycles. The van der Waals surface area contributed by atoms with Gasteiger partial charge >= 0.3 is 11.9 Å². The monoisotopic (exact) mass is 256 g/mol. The molecule has 5 nitrogen and oxygen atoms in total. The van der Waals surface area contributed by atoms with Crippen LogP contribution in [0.4, 0.5) is 4.39 Å². The molecule has 1 rings (SSSR count). The molecule has 6 heteroatoms. The van der Waals surface area contributed by atoms with Gasteiger partial charge < -0.3 is 14.9 Å². The number of benzene rings is 1. The lowest BCUT2D eigenvalue weighted by molar-refractivity contribution is -0.148. The summed E-state index contributed by atoms with van der Waals surface area (Å²) >= 11 is 0. The van der Waals surface area contributed by atoms with Gasteiger partial charge in [0.15, 0.2) is 11.6 Å². The first kappa shape index (κ1) is 14.0. The number of ether oxygens (including phenoxy) is 1. The van der Waals surface area contributed by atoms with E-state index in [2.05, 4.69) is 0 Å². The predicted molar refractivity (Wildman–Crippen MR) is 60.3 cm³/mol. The molecule has 0 aromatic heterocycles. The highest BCUT2D eigenvalue weighted by molar-refractivity contribution is 5.87. The first-order chi connectivity index (χ1) is 8.24. The molecule has 0 aliphatic rings. The zero-order chi connectivity index (χ0) is 13.9. The van der Waals surface area contributed by atoms with E-state index in [1.807, 2.05) is 0 Å². The molecule has 0 spiro atoms. The minimum atomic E-state index is -1.24. The second-order valence-corrected chi connectivity index (χ2v) is 4.43. The van der Waals surface area contributed by atoms with E-state index in [4.69, 9.17) is 14.9 Å². The van der Waals surface area contributed by atoms with Crippen molar-refractivity contribution in [2.45, 2.75) is 13.8 Å². The molecule has 0 amide bonds. The summed E-state index contributed by atoms with van der Waals surface area (Å²) in [4.78, 5) is 21.4. The van der Waals surface area contributed by atoms with Crippen LogP contribution in [0.2, 0.25) is 0 Å². The van der Waals surface area contributed by atoms with E-state index in [-0.39, 0.29) is 17.9 Å². The Balaban J connectivity index is 2.81. The minimum Gasteiger partial charge on any atom is -0.489 e. The fraction of sp³-hybridized carbons (Fsp3) is 0.333. The summed E-state index contributed by atoms with van der Waals surface area (Å²) in [5.41, 5.74) is -1.35. The average Bonchev–Trinajstić information content (AvgIpc) is 2.26. The van der Waals surface area contributed by atoms with Gasteiger partial charge in [0.1, 0.15) is 6.61 Å². The van der Waals surface area contributed by atoms with Crippen molar-refractivity contribution in [3.63, 3.8) is 0 Å². The summed E-state index contributed by atoms with van der Waals surface area (Å²) in [7, 11) is 0. The Labute approximate surface area is 103 Å². The quantitative estimate of drug-likeness (QED) is 0.841. The van der Waals surface area contributed by atoms with Crippen LogP contribution in [0.25, 0.3) is 0 Å². The van der Waals surface area contributed by atoms with Crippen molar-refractivity contribution >= 4 is 11.9 Å². The van der Waals surface area contributed by atoms with Crippen LogP contribution in [0.15, 0.2) is 18.2 Å². The van der Waals surface area contributed by atoms with Gasteiger partial charge in [-0.2, -0.15) is 0 Å². The number of halogens is 1. The lowest BCUT2D eigenvalue weighted by Gasteiger charge is -2.19. The van der Waals surface area contributed by atoms with Gasteiger partial charge in [-0.05, 0) is 32.0 Å². The summed E-state index contributed by atoms with van der Waals surface area (Å²) in [6.07, 6.45) is 0. The molecule has 18 heavy (non-hydrogen) atoms. The van der Waals surface area contributed by atoms with E-state index in [1.165, 1.54) is 19.9 Å². The van der Waals surface area contributed by atoms with Gasteiger partial charge in [-0.15, -0.1) is 0 Å². The van der Waals surface area contributed by atoms with Crippen molar-refractivity contribution < 1.29 is 28.9 Å². The Morgan fingerprint density at radius 3 is 2.39 bits per heavy atom. The summed E-state index contributed by atoms with van der Waals surface area (Å²) in [6, 6.07) is 3.18. The van der Waals surface area contributed by atoms with Gasteiger partial charge in [0.25, 0.3) is 0 Å². The average molecular weight is 256 g/mol. The van der Waals surface area contributed by atoms with Crippen LogP contribution < -0.4 is 4.74 Å². The molecule has 0 aliphatic carbocycles. The number of carbonyl (C=O) groups is 2. The molecule has 0 atom stereocenters. The van der Waals surface area contributed by atoms with Crippen LogP contribution >= 0.6 is 0 Å². The molecule has 0 aliphatic heterocycles. The molecule has 0 unspecified atom stereocenters. The molecule has 2 N–H and O–H groups in total. The molecule has 0 fully saturated rings. The van der Waals surface area contributed by atoms with E-state index < -0.39 is 23.2 Å². The fourth-order valence-corrected chi connectivity index (χ4v) is 1.07. The zero-order valence-corrected chi connectivity index (χ0v) is 9.94. The summed E-state index contributed by atoms with van der Waals surface area (Å²) in [5, 5.41) is 17.5. The van der Waals surface area contributed by atoms with Crippen LogP contribution in [0.3, 0.4) is 0 Å². The van der Waals surface area contributed by atoms with Crippen LogP contribution in [-0.2, 0) is 4.79 Å². The van der Waals surface area contributed by atoms with Crippen molar-refractivity contribution in [3.8, 4) is 5.75 Å². The second kappa shape index (κ2) is 5.03. The number of carboxylic acids is 2. The van der Waals surface area contributed by atoms with Crippen molar-refractivity contribution in [1.82, 2.24) is 0 Å². The van der Waals surface area contributed by atoms with Crippen molar-refractivity contribution in [3.05, 3.63) is 29.6 Å². The lowest BCUT2D eigenvalue weighted by Crippen LogP contribution is -2.30. The van der Waals surface area contributed by atoms with Crippen molar-refractivity contribution in [2.75, 3.05) is 6.61 Å². The van der Waals surface area contributed by atoms with E-state index >= 15 is 0 Å². The Hall–Kier alpha value is -2.11. The highest BCUT2D eigenvalue weighted by Gasteiger charge is 2.28. The van der Waals surface area contributed by atoms with Crippen molar-refractivity contribution in [2.24, 2.45) is 5.41 Å². The Bertz CT molecular complexity index is 481. The van der Waals surface area contributed by atoms with Crippen LogP contribution in [0, 0.1) is 11.2 Å². The lowest BCUT2D eigenvalue weighted by atomic mass is 9.95. The smallest absolute Gasteiger partial charge is 0.335 e. The molecule has 0 bridgehead atoms. The Morgan fingerprint density at radius 1 is 1.33 bits per heavy atom. The number of carboxylic acid groups (broad SMARTS) is 2. The maximum absolute atomic E-state index is 13.5. The van der Waals surface area contributed by atoms with Gasteiger partial charge in [0.2, 0.25) is 0 Å². The minimum absolute atomic E-state index is 0.172. The van der Waals surface area contributed by atoms with E-state index in [0.29, 0.717) is 0 Å². The third-order valence-electron chi connectivity index (χ3n) is 2.35. The molecular formula is C12H13FO5. The third kappa shape index (κ3) is 3.19. The third-order valence-corrected chi connectivity index (χ3v) is 2.35. The van der Waals surface area contributed by atoms with E-state index in [9.17, 15) is 14.0 Å². The molecule has 0 saturated heterocycles. The summed E-state index contributed by atoms with van der Waals surface area (Å²) in [6.45, 7) is 2.67. The SMILES string of the molecule is CC(C)(COc1ccc(C(=O)O)cc1F)C(=O)O. The molecule has 0 radical (unpaired) electrons. The molecule has 1 aromatic rings. The molecular weight excluding hydrogens is 243 g/mol. The molecule has 0 heterocycles. The standard InChI is InChI=1S/C12H13FO5/c1-12(2,11(16)17)6-18-9-4-3-7(10(14)15)5-8(9)13/h3-5H,6H2,1-2H3,(H,14,15)(H,16,17). The molecule has 1 aromatic carbocycles. The van der Waals surface area contributed by atoms with E-state index in [0.717, 1.165) is 12.1 Å². The van der Waals surface area contributed by atoms with E-state index in [1.54, 1.807) is 0 Å². The second-order valence-electron chi connectivity index (χ2n) is 4.43. The van der Waals surface area contributed by atoms with Gasteiger partial charge in [0, 0.05) is 0 Å². The number of hydrogen-bond acceptors (Lipinski definition) is 3. The maximum atomic E-state index is 13.5. The Kier molecular flexibility index (Phi) is 3.90. The normalized spacial score (nSPS) is 11.1. The molecule has 98 valence electrons. The first-order valence-electron chi connectivity index (χ1n) is 5.13. The van der Waals surface area contributed by atoms with Gasteiger partial charge in [-0.3, -0.25) is 4.79 Å². The number of aliphatic carboxylic acids is 1.